The summed E-state index contributed by atoms with van der Waals surface area (Å²) in [6.07, 6.45) is -0.0557. The number of hydrogen-bond donors (Lipinski definition) is 4. The maximum atomic E-state index is 12.3. The number of ketones is 1. The molecule has 1 saturated heterocycles. The van der Waals surface area contributed by atoms with Crippen LogP contribution in [-0.2, 0) is 16.1 Å². The molecule has 196 valence electrons. The molecule has 4 N–H and O–H groups in total. The number of furan rings is 1. The third-order valence-corrected chi connectivity index (χ3v) is 5.77. The van der Waals surface area contributed by atoms with Gasteiger partial charge in [0.2, 0.25) is 0 Å². The van der Waals surface area contributed by atoms with Gasteiger partial charge in [-0.25, -0.2) is 0 Å². The Morgan fingerprint density at radius 1 is 1.08 bits per heavy atom. The number of carbonyl (C=O) groups is 2. The van der Waals surface area contributed by atoms with Crippen LogP contribution in [0.3, 0.4) is 0 Å². The second-order valence-electron chi connectivity index (χ2n) is 8.64. The topological polar surface area (TPSA) is 124 Å². The zero-order valence-electron chi connectivity index (χ0n) is 21.0. The van der Waals surface area contributed by atoms with Gasteiger partial charge in [0, 0.05) is 24.2 Å². The van der Waals surface area contributed by atoms with Crippen molar-refractivity contribution in [1.82, 2.24) is 15.5 Å². The van der Waals surface area contributed by atoms with E-state index in [1.165, 1.54) is 6.92 Å². The summed E-state index contributed by atoms with van der Waals surface area (Å²) in [4.78, 5) is 26.4. The average molecular weight is 508 g/mol. The van der Waals surface area contributed by atoms with Crippen LogP contribution in [0.1, 0.15) is 40.8 Å². The minimum Gasteiger partial charge on any atom is -0.451 e. The highest BCUT2D eigenvalue weighted by molar-refractivity contribution is 5.98. The second kappa shape index (κ2) is 15.0. The number of benzene rings is 1. The molecule has 2 heterocycles. The lowest BCUT2D eigenvalue weighted by molar-refractivity contribution is -0.125. The van der Waals surface area contributed by atoms with Crippen LogP contribution in [-0.4, -0.2) is 84.9 Å². The average Bonchev–Trinajstić information content (AvgIpc) is 3.37. The SMILES string of the molecule is C[C@H](O)[C@H](NC(=O)c1ccc(C#CC#Cc2ccc(CNCCCN3CCOCC3)o2)cc1)C(=O)CO. The van der Waals surface area contributed by atoms with Crippen molar-refractivity contribution in [3.63, 3.8) is 0 Å². The highest BCUT2D eigenvalue weighted by Gasteiger charge is 2.25. The van der Waals surface area contributed by atoms with Crippen LogP contribution in [0.15, 0.2) is 40.8 Å². The van der Waals surface area contributed by atoms with Crippen molar-refractivity contribution < 1.29 is 29.0 Å². The quantitative estimate of drug-likeness (QED) is 0.257. The van der Waals surface area contributed by atoms with E-state index in [9.17, 15) is 14.7 Å². The zero-order valence-corrected chi connectivity index (χ0v) is 21.0. The third kappa shape index (κ3) is 9.51. The fourth-order valence-electron chi connectivity index (χ4n) is 3.70. The van der Waals surface area contributed by atoms with E-state index in [1.807, 2.05) is 12.1 Å². The molecule has 1 aliphatic heterocycles. The summed E-state index contributed by atoms with van der Waals surface area (Å²) in [6, 6.07) is 8.96. The number of Topliss-reactive ketones (excluding diaryl/α,β-unsaturated/α-hetero) is 1. The van der Waals surface area contributed by atoms with Crippen LogP contribution in [0.5, 0.6) is 0 Å². The number of aliphatic hydroxyl groups is 2. The molecule has 9 nitrogen and oxygen atoms in total. The number of rotatable bonds is 11. The summed E-state index contributed by atoms with van der Waals surface area (Å²) in [7, 11) is 0. The third-order valence-electron chi connectivity index (χ3n) is 5.77. The minimum atomic E-state index is -1.18. The van der Waals surface area contributed by atoms with Crippen molar-refractivity contribution in [2.24, 2.45) is 0 Å². The molecule has 2 atom stereocenters. The Balaban J connectivity index is 1.42. The highest BCUT2D eigenvalue weighted by Crippen LogP contribution is 2.07. The number of amides is 1. The molecule has 1 aliphatic rings. The Hall–Kier alpha value is -3.44. The molecule has 3 rings (SSSR count). The van der Waals surface area contributed by atoms with Crippen LogP contribution in [0.4, 0.5) is 0 Å². The monoisotopic (exact) mass is 507 g/mol. The second-order valence-corrected chi connectivity index (χ2v) is 8.64. The molecule has 0 radical (unpaired) electrons. The van der Waals surface area contributed by atoms with Crippen molar-refractivity contribution in [2.75, 3.05) is 46.0 Å². The summed E-state index contributed by atoms with van der Waals surface area (Å²) in [5.41, 5.74) is 0.955. The molecule has 0 spiro atoms. The molecule has 1 aromatic carbocycles. The predicted molar refractivity (Wildman–Crippen MR) is 138 cm³/mol. The zero-order chi connectivity index (χ0) is 26.5. The molecule has 1 aromatic heterocycles. The Morgan fingerprint density at radius 2 is 1.81 bits per heavy atom. The van der Waals surface area contributed by atoms with Crippen molar-refractivity contribution in [1.29, 1.82) is 0 Å². The summed E-state index contributed by atoms with van der Waals surface area (Å²) < 4.78 is 11.1. The van der Waals surface area contributed by atoms with Crippen molar-refractivity contribution in [2.45, 2.75) is 32.0 Å². The van der Waals surface area contributed by atoms with Gasteiger partial charge in [0.15, 0.2) is 11.5 Å². The van der Waals surface area contributed by atoms with Crippen molar-refractivity contribution in [3.05, 3.63) is 59.0 Å². The highest BCUT2D eigenvalue weighted by atomic mass is 16.5. The smallest absolute Gasteiger partial charge is 0.251 e. The van der Waals surface area contributed by atoms with Gasteiger partial charge in [-0.3, -0.25) is 14.5 Å². The van der Waals surface area contributed by atoms with Gasteiger partial charge < -0.3 is 30.0 Å². The maximum Gasteiger partial charge on any atom is 0.251 e. The first-order valence-corrected chi connectivity index (χ1v) is 12.3. The van der Waals surface area contributed by atoms with E-state index in [-0.39, 0.29) is 0 Å². The Labute approximate surface area is 217 Å². The summed E-state index contributed by atoms with van der Waals surface area (Å²) in [5, 5.41) is 24.5. The van der Waals surface area contributed by atoms with E-state index in [0.29, 0.717) is 23.4 Å². The summed E-state index contributed by atoms with van der Waals surface area (Å²) in [6.45, 7) is 6.87. The van der Waals surface area contributed by atoms with E-state index in [1.54, 1.807) is 24.3 Å². The molecule has 1 amide bonds. The minimum absolute atomic E-state index is 0.297. The van der Waals surface area contributed by atoms with Gasteiger partial charge in [-0.15, -0.1) is 0 Å². The number of nitrogens with zero attached hydrogens (tertiary/aromatic N) is 1. The first kappa shape index (κ1) is 28.1. The number of hydrogen-bond acceptors (Lipinski definition) is 8. The largest absolute Gasteiger partial charge is 0.451 e. The molecule has 2 aromatic rings. The Morgan fingerprint density at radius 3 is 2.51 bits per heavy atom. The predicted octanol–water partition coefficient (Wildman–Crippen LogP) is 0.535. The van der Waals surface area contributed by atoms with E-state index in [2.05, 4.69) is 39.2 Å². The molecule has 0 aliphatic carbocycles. The van der Waals surface area contributed by atoms with Gasteiger partial charge in [0.1, 0.15) is 18.4 Å². The fraction of sp³-hybridized carbons (Fsp3) is 0.429. The molecular weight excluding hydrogens is 474 g/mol. The number of carbonyl (C=O) groups excluding carboxylic acids is 2. The van der Waals surface area contributed by atoms with Gasteiger partial charge in [0.05, 0.1) is 25.9 Å². The van der Waals surface area contributed by atoms with Gasteiger partial charge >= 0.3 is 0 Å². The van der Waals surface area contributed by atoms with Gasteiger partial charge in [-0.2, -0.15) is 0 Å². The van der Waals surface area contributed by atoms with Crippen molar-refractivity contribution >= 4 is 11.7 Å². The van der Waals surface area contributed by atoms with Crippen LogP contribution in [0.25, 0.3) is 0 Å². The number of ether oxygens (including phenoxy) is 1. The van der Waals surface area contributed by atoms with Crippen LogP contribution in [0, 0.1) is 23.7 Å². The lowest BCUT2D eigenvalue weighted by Gasteiger charge is -2.26. The lowest BCUT2D eigenvalue weighted by Crippen LogP contribution is -2.48. The molecule has 9 heteroatoms. The number of nitrogens with one attached hydrogen (secondary N) is 2. The van der Waals surface area contributed by atoms with Gasteiger partial charge in [-0.1, -0.05) is 5.92 Å². The van der Waals surface area contributed by atoms with E-state index in [0.717, 1.165) is 51.6 Å². The first-order chi connectivity index (χ1) is 18.0. The lowest BCUT2D eigenvalue weighted by atomic mass is 10.1. The molecule has 0 bridgehead atoms. The van der Waals surface area contributed by atoms with Gasteiger partial charge in [-0.05, 0) is 80.6 Å². The Bertz CT molecular complexity index is 1140. The molecule has 1 fully saturated rings. The first-order valence-electron chi connectivity index (χ1n) is 12.3. The molecule has 0 saturated carbocycles. The molecule has 37 heavy (non-hydrogen) atoms. The summed E-state index contributed by atoms with van der Waals surface area (Å²) >= 11 is 0. The van der Waals surface area contributed by atoms with E-state index < -0.39 is 30.4 Å². The maximum absolute atomic E-state index is 12.3. The van der Waals surface area contributed by atoms with E-state index in [4.69, 9.17) is 14.3 Å². The number of morpholine rings is 1. The molecular formula is C28H33N3O6. The van der Waals surface area contributed by atoms with Crippen LogP contribution in [0.2, 0.25) is 0 Å². The van der Waals surface area contributed by atoms with E-state index >= 15 is 0 Å². The standard InChI is InChI=1S/C28H33N3O6/c1-21(33)27(26(34)20-32)30-28(35)23-9-7-22(8-10-23)5-2-3-6-24-11-12-25(37-24)19-29-13-4-14-31-15-17-36-18-16-31/h7-12,21,27,29,32-33H,4,13-20H2,1H3,(H,30,35)/t21-,27-/m0/s1. The van der Waals surface area contributed by atoms with Gasteiger partial charge in [0.25, 0.3) is 5.91 Å². The number of aliphatic hydroxyl groups excluding tert-OH is 2. The van der Waals surface area contributed by atoms with Crippen LogP contribution < -0.4 is 10.6 Å². The van der Waals surface area contributed by atoms with Crippen molar-refractivity contribution in [3.8, 4) is 23.7 Å². The molecule has 0 unspecified atom stereocenters. The van der Waals surface area contributed by atoms with Crippen LogP contribution >= 0.6 is 0 Å². The normalized spacial score (nSPS) is 15.0. The summed E-state index contributed by atoms with van der Waals surface area (Å²) in [5.74, 6) is 11.5. The Kier molecular flexibility index (Phi) is 11.4. The fourth-order valence-corrected chi connectivity index (χ4v) is 3.70.